The van der Waals surface area contributed by atoms with Crippen LogP contribution in [-0.2, 0) is 6.54 Å². The number of thiophene rings is 1. The van der Waals surface area contributed by atoms with Gasteiger partial charge in [-0.15, -0.1) is 11.3 Å². The maximum atomic E-state index is 3.60. The highest BCUT2D eigenvalue weighted by Gasteiger charge is 2.31. The zero-order valence-corrected chi connectivity index (χ0v) is 12.1. The molecule has 90 valence electrons. The average Bonchev–Trinajstić information content (AvgIpc) is 2.90. The van der Waals surface area contributed by atoms with Gasteiger partial charge in [-0.1, -0.05) is 6.92 Å². The van der Waals surface area contributed by atoms with E-state index in [9.17, 15) is 0 Å². The zero-order chi connectivity index (χ0) is 11.4. The van der Waals surface area contributed by atoms with Crippen LogP contribution in [0.3, 0.4) is 0 Å². The van der Waals surface area contributed by atoms with Gasteiger partial charge in [0.05, 0.1) is 0 Å². The lowest BCUT2D eigenvalue weighted by Gasteiger charge is -2.26. The highest BCUT2D eigenvalue weighted by molar-refractivity contribution is 9.10. The maximum Gasteiger partial charge on any atom is 0.0327 e. The fourth-order valence-electron chi connectivity index (χ4n) is 2.27. The van der Waals surface area contributed by atoms with E-state index in [2.05, 4.69) is 44.9 Å². The first-order valence-corrected chi connectivity index (χ1v) is 7.56. The van der Waals surface area contributed by atoms with Crippen LogP contribution in [0.4, 0.5) is 0 Å². The molecule has 4 heteroatoms. The van der Waals surface area contributed by atoms with E-state index in [1.165, 1.54) is 35.3 Å². The Morgan fingerprint density at radius 1 is 1.62 bits per heavy atom. The number of nitrogens with one attached hydrogen (secondary N) is 2. The van der Waals surface area contributed by atoms with E-state index in [1.807, 2.05) is 11.3 Å². The van der Waals surface area contributed by atoms with Crippen molar-refractivity contribution in [2.45, 2.75) is 26.3 Å². The Hall–Kier alpha value is 0.1000. The summed E-state index contributed by atoms with van der Waals surface area (Å²) in [6.45, 7) is 6.76. The molecule has 0 bridgehead atoms. The van der Waals surface area contributed by atoms with Gasteiger partial charge < -0.3 is 10.6 Å². The van der Waals surface area contributed by atoms with E-state index in [0.717, 1.165) is 13.1 Å². The molecule has 2 heterocycles. The first-order chi connectivity index (χ1) is 7.76. The summed E-state index contributed by atoms with van der Waals surface area (Å²) in [5.74, 6) is 0. The van der Waals surface area contributed by atoms with Crippen LogP contribution in [0.25, 0.3) is 0 Å². The van der Waals surface area contributed by atoms with Crippen molar-refractivity contribution in [3.8, 4) is 0 Å². The Balaban J connectivity index is 1.81. The molecule has 0 saturated carbocycles. The fourth-order valence-corrected chi connectivity index (χ4v) is 3.73. The SMILES string of the molecule is CCC1(CNCc2sccc2Br)CCNC1. The molecule has 1 aliphatic rings. The van der Waals surface area contributed by atoms with Crippen molar-refractivity contribution in [2.75, 3.05) is 19.6 Å². The van der Waals surface area contributed by atoms with Gasteiger partial charge in [-0.2, -0.15) is 0 Å². The van der Waals surface area contributed by atoms with Gasteiger partial charge in [0.2, 0.25) is 0 Å². The number of halogens is 1. The minimum atomic E-state index is 0.490. The van der Waals surface area contributed by atoms with Crippen LogP contribution in [0.2, 0.25) is 0 Å². The summed E-state index contributed by atoms with van der Waals surface area (Å²) >= 11 is 5.38. The van der Waals surface area contributed by atoms with E-state index >= 15 is 0 Å². The largest absolute Gasteiger partial charge is 0.316 e. The van der Waals surface area contributed by atoms with Crippen LogP contribution in [0.1, 0.15) is 24.6 Å². The van der Waals surface area contributed by atoms with E-state index < -0.39 is 0 Å². The van der Waals surface area contributed by atoms with E-state index in [1.54, 1.807) is 0 Å². The minimum Gasteiger partial charge on any atom is -0.316 e. The van der Waals surface area contributed by atoms with Crippen molar-refractivity contribution in [3.63, 3.8) is 0 Å². The Morgan fingerprint density at radius 3 is 3.06 bits per heavy atom. The molecule has 2 N–H and O–H groups in total. The second kappa shape index (κ2) is 5.63. The first kappa shape index (κ1) is 12.6. The highest BCUT2D eigenvalue weighted by Crippen LogP contribution is 2.29. The molecule has 1 atom stereocenters. The van der Waals surface area contributed by atoms with Crippen molar-refractivity contribution in [3.05, 3.63) is 20.8 Å². The lowest BCUT2D eigenvalue weighted by Crippen LogP contribution is -2.35. The van der Waals surface area contributed by atoms with Gasteiger partial charge in [0.15, 0.2) is 0 Å². The van der Waals surface area contributed by atoms with Crippen LogP contribution in [0, 0.1) is 5.41 Å². The highest BCUT2D eigenvalue weighted by atomic mass is 79.9. The van der Waals surface area contributed by atoms with Gasteiger partial charge in [0, 0.05) is 29.0 Å². The molecule has 0 radical (unpaired) electrons. The standard InChI is InChI=1S/C12H19BrN2S/c1-2-12(4-5-14-8-12)9-15-7-11-10(13)3-6-16-11/h3,6,14-15H,2,4-5,7-9H2,1H3. The van der Waals surface area contributed by atoms with Gasteiger partial charge in [-0.25, -0.2) is 0 Å². The second-order valence-electron chi connectivity index (χ2n) is 4.58. The first-order valence-electron chi connectivity index (χ1n) is 5.89. The summed E-state index contributed by atoms with van der Waals surface area (Å²) < 4.78 is 1.24. The molecule has 0 aliphatic carbocycles. The smallest absolute Gasteiger partial charge is 0.0327 e. The third-order valence-electron chi connectivity index (χ3n) is 3.56. The zero-order valence-electron chi connectivity index (χ0n) is 9.68. The van der Waals surface area contributed by atoms with E-state index in [-0.39, 0.29) is 0 Å². The van der Waals surface area contributed by atoms with Crippen molar-refractivity contribution < 1.29 is 0 Å². The number of rotatable bonds is 5. The summed E-state index contributed by atoms with van der Waals surface area (Å²) in [6, 6.07) is 2.12. The summed E-state index contributed by atoms with van der Waals surface area (Å²) in [4.78, 5) is 1.40. The number of hydrogen-bond acceptors (Lipinski definition) is 3. The van der Waals surface area contributed by atoms with Gasteiger partial charge in [0.25, 0.3) is 0 Å². The van der Waals surface area contributed by atoms with Crippen LogP contribution in [0.15, 0.2) is 15.9 Å². The molecule has 1 aromatic heterocycles. The van der Waals surface area contributed by atoms with Crippen LogP contribution < -0.4 is 10.6 Å². The maximum absolute atomic E-state index is 3.60. The molecular formula is C12H19BrN2S. The average molecular weight is 303 g/mol. The van der Waals surface area contributed by atoms with Gasteiger partial charge in [0.1, 0.15) is 0 Å². The molecule has 1 aliphatic heterocycles. The van der Waals surface area contributed by atoms with Crippen LogP contribution in [-0.4, -0.2) is 19.6 Å². The third kappa shape index (κ3) is 2.86. The summed E-state index contributed by atoms with van der Waals surface area (Å²) in [5.41, 5.74) is 0.490. The summed E-state index contributed by atoms with van der Waals surface area (Å²) in [5, 5.41) is 9.21. The topological polar surface area (TPSA) is 24.1 Å². The van der Waals surface area contributed by atoms with Crippen molar-refractivity contribution in [1.29, 1.82) is 0 Å². The fraction of sp³-hybridized carbons (Fsp3) is 0.667. The quantitative estimate of drug-likeness (QED) is 0.874. The monoisotopic (exact) mass is 302 g/mol. The molecule has 2 rings (SSSR count). The third-order valence-corrected chi connectivity index (χ3v) is 5.49. The van der Waals surface area contributed by atoms with Gasteiger partial charge >= 0.3 is 0 Å². The van der Waals surface area contributed by atoms with Crippen molar-refractivity contribution in [2.24, 2.45) is 5.41 Å². The van der Waals surface area contributed by atoms with Crippen molar-refractivity contribution in [1.82, 2.24) is 10.6 Å². The predicted octanol–water partition coefficient (Wildman–Crippen LogP) is 2.99. The summed E-state index contributed by atoms with van der Waals surface area (Å²) in [6.07, 6.45) is 2.57. The molecule has 1 saturated heterocycles. The minimum absolute atomic E-state index is 0.490. The Bertz CT molecular complexity index is 332. The molecule has 1 unspecified atom stereocenters. The van der Waals surface area contributed by atoms with Gasteiger partial charge in [-0.05, 0) is 52.2 Å². The molecule has 1 fully saturated rings. The van der Waals surface area contributed by atoms with Crippen molar-refractivity contribution >= 4 is 27.3 Å². The molecule has 0 aromatic carbocycles. The molecule has 1 aromatic rings. The Morgan fingerprint density at radius 2 is 2.50 bits per heavy atom. The predicted molar refractivity (Wildman–Crippen MR) is 73.9 cm³/mol. The normalized spacial score (nSPS) is 25.1. The molecular weight excluding hydrogens is 284 g/mol. The Kier molecular flexibility index (Phi) is 4.41. The second-order valence-corrected chi connectivity index (χ2v) is 6.43. The van der Waals surface area contributed by atoms with Crippen LogP contribution >= 0.6 is 27.3 Å². The van der Waals surface area contributed by atoms with Gasteiger partial charge in [-0.3, -0.25) is 0 Å². The van der Waals surface area contributed by atoms with Crippen LogP contribution in [0.5, 0.6) is 0 Å². The molecule has 0 amide bonds. The summed E-state index contributed by atoms with van der Waals surface area (Å²) in [7, 11) is 0. The molecule has 16 heavy (non-hydrogen) atoms. The van der Waals surface area contributed by atoms with E-state index in [0.29, 0.717) is 5.41 Å². The molecule has 2 nitrogen and oxygen atoms in total. The Labute approximate surface area is 110 Å². The molecule has 0 spiro atoms. The van der Waals surface area contributed by atoms with E-state index in [4.69, 9.17) is 0 Å². The lowest BCUT2D eigenvalue weighted by molar-refractivity contribution is 0.291. The lowest BCUT2D eigenvalue weighted by atomic mass is 9.84. The number of hydrogen-bond donors (Lipinski definition) is 2.